The normalized spacial score (nSPS) is 11.7. The molecule has 0 saturated heterocycles. The van der Waals surface area contributed by atoms with Gasteiger partial charge in [0.2, 0.25) is 5.75 Å². The van der Waals surface area contributed by atoms with Gasteiger partial charge in [-0.05, 0) is 24.3 Å². The molecule has 1 N–H and O–H groups in total. The molecule has 6 nitrogen and oxygen atoms in total. The Labute approximate surface area is 135 Å². The van der Waals surface area contributed by atoms with E-state index < -0.39 is 21.0 Å². The van der Waals surface area contributed by atoms with E-state index >= 15 is 0 Å². The number of hydrogen-bond donors (Lipinski definition) is 1. The maximum atomic E-state index is 12.1. The van der Waals surface area contributed by atoms with Crippen LogP contribution in [0.2, 0.25) is 5.02 Å². The van der Waals surface area contributed by atoms with E-state index in [1.807, 2.05) is 0 Å². The van der Waals surface area contributed by atoms with Gasteiger partial charge in [-0.3, -0.25) is 4.79 Å². The molecule has 0 aliphatic heterocycles. The van der Waals surface area contributed by atoms with Crippen molar-refractivity contribution < 1.29 is 17.9 Å². The van der Waals surface area contributed by atoms with Crippen molar-refractivity contribution in [3.05, 3.63) is 51.8 Å². The minimum Gasteiger partial charge on any atom is -0.501 e. The number of pyridine rings is 1. The van der Waals surface area contributed by atoms with Crippen molar-refractivity contribution in [3.8, 4) is 17.1 Å². The fraction of sp³-hybridized carbons (Fsp3) is 0.0667. The zero-order chi connectivity index (χ0) is 16.8. The number of nitrogens with zero attached hydrogens (tertiary/aromatic N) is 1. The van der Waals surface area contributed by atoms with E-state index in [4.69, 9.17) is 16.0 Å². The summed E-state index contributed by atoms with van der Waals surface area (Å²) in [5.41, 5.74) is -0.245. The van der Waals surface area contributed by atoms with E-state index in [0.717, 1.165) is 6.26 Å². The minimum atomic E-state index is -3.34. The molecule has 1 aromatic carbocycles. The highest BCUT2D eigenvalue weighted by Crippen LogP contribution is 2.30. The summed E-state index contributed by atoms with van der Waals surface area (Å²) in [6, 6.07) is 7.03. The van der Waals surface area contributed by atoms with E-state index in [0.29, 0.717) is 5.56 Å². The highest BCUT2D eigenvalue weighted by atomic mass is 35.5. The van der Waals surface area contributed by atoms with Gasteiger partial charge >= 0.3 is 0 Å². The van der Waals surface area contributed by atoms with Gasteiger partial charge in [-0.1, -0.05) is 11.6 Å². The van der Waals surface area contributed by atoms with Gasteiger partial charge in [-0.25, -0.2) is 13.4 Å². The second kappa shape index (κ2) is 5.36. The van der Waals surface area contributed by atoms with Crippen LogP contribution in [-0.4, -0.2) is 24.8 Å². The summed E-state index contributed by atoms with van der Waals surface area (Å²) in [6.45, 7) is 0. The summed E-state index contributed by atoms with van der Waals surface area (Å²) in [7, 11) is -3.34. The molecule has 0 aliphatic carbocycles. The van der Waals surface area contributed by atoms with Crippen LogP contribution in [0.4, 0.5) is 0 Å². The molecule has 3 aromatic rings. The molecular weight excluding hydrogens is 342 g/mol. The predicted octanol–water partition coefficient (Wildman–Crippen LogP) is 2.62. The number of sulfone groups is 1. The van der Waals surface area contributed by atoms with Gasteiger partial charge in [0.1, 0.15) is 0 Å². The summed E-state index contributed by atoms with van der Waals surface area (Å²) in [4.78, 5) is 16.1. The molecule has 0 aliphatic rings. The lowest BCUT2D eigenvalue weighted by Gasteiger charge is -2.06. The van der Waals surface area contributed by atoms with Crippen molar-refractivity contribution in [3.63, 3.8) is 0 Å². The summed E-state index contributed by atoms with van der Waals surface area (Å²) in [5, 5.41) is 10.3. The van der Waals surface area contributed by atoms with Gasteiger partial charge in [-0.2, -0.15) is 0 Å². The second-order valence-corrected chi connectivity index (χ2v) is 7.36. The van der Waals surface area contributed by atoms with Crippen molar-refractivity contribution in [2.45, 2.75) is 4.90 Å². The number of halogens is 1. The Morgan fingerprint density at radius 3 is 2.48 bits per heavy atom. The molecule has 0 saturated carbocycles. The second-order valence-electron chi connectivity index (χ2n) is 4.91. The highest BCUT2D eigenvalue weighted by molar-refractivity contribution is 7.90. The lowest BCUT2D eigenvalue weighted by Crippen LogP contribution is -2.04. The van der Waals surface area contributed by atoms with Crippen molar-refractivity contribution in [1.82, 2.24) is 4.98 Å². The van der Waals surface area contributed by atoms with E-state index in [-0.39, 0.29) is 26.8 Å². The van der Waals surface area contributed by atoms with Crippen molar-refractivity contribution >= 4 is 32.5 Å². The van der Waals surface area contributed by atoms with Crippen LogP contribution in [0.5, 0.6) is 5.75 Å². The van der Waals surface area contributed by atoms with Gasteiger partial charge in [-0.15, -0.1) is 0 Å². The Bertz CT molecular complexity index is 1070. The Morgan fingerprint density at radius 1 is 1.22 bits per heavy atom. The first-order valence-electron chi connectivity index (χ1n) is 6.39. The first kappa shape index (κ1) is 15.5. The molecule has 0 atom stereocenters. The van der Waals surface area contributed by atoms with Crippen LogP contribution in [0.3, 0.4) is 0 Å². The highest BCUT2D eigenvalue weighted by Gasteiger charge is 2.17. The lowest BCUT2D eigenvalue weighted by atomic mass is 10.1. The fourth-order valence-electron chi connectivity index (χ4n) is 2.09. The zero-order valence-corrected chi connectivity index (χ0v) is 13.4. The average molecular weight is 352 g/mol. The predicted molar refractivity (Wildman–Crippen MR) is 85.5 cm³/mol. The SMILES string of the molecule is CS(=O)(=O)c1ccc(-c2oc3cc(Cl)cnc3c(=O)c2O)cc1. The molecule has 0 radical (unpaired) electrons. The molecule has 23 heavy (non-hydrogen) atoms. The number of benzene rings is 1. The topological polar surface area (TPSA) is 97.5 Å². The zero-order valence-electron chi connectivity index (χ0n) is 11.8. The molecule has 8 heteroatoms. The van der Waals surface area contributed by atoms with Gasteiger partial charge < -0.3 is 9.52 Å². The molecule has 0 unspecified atom stereocenters. The van der Waals surface area contributed by atoms with Crippen LogP contribution in [-0.2, 0) is 9.84 Å². The first-order valence-corrected chi connectivity index (χ1v) is 8.66. The van der Waals surface area contributed by atoms with Gasteiger partial charge in [0.05, 0.1) is 9.92 Å². The fourth-order valence-corrected chi connectivity index (χ4v) is 2.87. The molecule has 3 rings (SSSR count). The molecule has 0 spiro atoms. The van der Waals surface area contributed by atoms with Crippen molar-refractivity contribution in [2.75, 3.05) is 6.26 Å². The van der Waals surface area contributed by atoms with E-state index in [2.05, 4.69) is 4.98 Å². The average Bonchev–Trinajstić information content (AvgIpc) is 2.50. The third-order valence-corrected chi connectivity index (χ3v) is 4.56. The Kier molecular flexibility index (Phi) is 3.62. The molecule has 0 fully saturated rings. The molecule has 2 heterocycles. The van der Waals surface area contributed by atoms with Crippen LogP contribution in [0.25, 0.3) is 22.4 Å². The maximum absolute atomic E-state index is 12.1. The number of aromatic nitrogens is 1. The molecule has 0 bridgehead atoms. The monoisotopic (exact) mass is 351 g/mol. The van der Waals surface area contributed by atoms with Gasteiger partial charge in [0.25, 0.3) is 5.43 Å². The third-order valence-electron chi connectivity index (χ3n) is 3.22. The Hall–Kier alpha value is -2.38. The quantitative estimate of drug-likeness (QED) is 0.762. The van der Waals surface area contributed by atoms with Crippen molar-refractivity contribution in [2.24, 2.45) is 0 Å². The van der Waals surface area contributed by atoms with Crippen LogP contribution >= 0.6 is 11.6 Å². The van der Waals surface area contributed by atoms with Gasteiger partial charge in [0.15, 0.2) is 26.7 Å². The van der Waals surface area contributed by atoms with Crippen molar-refractivity contribution in [1.29, 1.82) is 0 Å². The van der Waals surface area contributed by atoms with Gasteiger partial charge in [0, 0.05) is 24.1 Å². The van der Waals surface area contributed by atoms with Crippen LogP contribution in [0, 0.1) is 0 Å². The van der Waals surface area contributed by atoms with E-state index in [1.165, 1.54) is 36.5 Å². The Balaban J connectivity index is 2.24. The molecule has 0 amide bonds. The number of fused-ring (bicyclic) bond motifs is 1. The lowest BCUT2D eigenvalue weighted by molar-refractivity contribution is 0.448. The molecular formula is C15H10ClNO5S. The van der Waals surface area contributed by atoms with E-state index in [9.17, 15) is 18.3 Å². The number of hydrogen-bond acceptors (Lipinski definition) is 6. The number of rotatable bonds is 2. The molecule has 118 valence electrons. The third kappa shape index (κ3) is 2.80. The first-order chi connectivity index (χ1) is 10.8. The standard InChI is InChI=1S/C15H10ClNO5S/c1-23(20,21)10-4-2-8(3-5-10)15-14(19)13(18)12-11(22-15)6-9(16)7-17-12/h2-7,19H,1H3. The van der Waals surface area contributed by atoms with Crippen LogP contribution in [0.15, 0.2) is 50.6 Å². The Morgan fingerprint density at radius 2 is 1.87 bits per heavy atom. The summed E-state index contributed by atoms with van der Waals surface area (Å²) in [6.07, 6.45) is 2.37. The summed E-state index contributed by atoms with van der Waals surface area (Å²) < 4.78 is 28.5. The van der Waals surface area contributed by atoms with Crippen LogP contribution < -0.4 is 5.43 Å². The largest absolute Gasteiger partial charge is 0.501 e. The summed E-state index contributed by atoms with van der Waals surface area (Å²) >= 11 is 5.83. The smallest absolute Gasteiger partial charge is 0.253 e. The minimum absolute atomic E-state index is 0.0385. The summed E-state index contributed by atoms with van der Waals surface area (Å²) in [5.74, 6) is -0.675. The van der Waals surface area contributed by atoms with E-state index in [1.54, 1.807) is 0 Å². The molecule has 2 aromatic heterocycles. The maximum Gasteiger partial charge on any atom is 0.253 e. The number of aromatic hydroxyl groups is 1. The van der Waals surface area contributed by atoms with Crippen LogP contribution in [0.1, 0.15) is 0 Å².